The number of rotatable bonds is 5. The average Bonchev–Trinajstić information content (AvgIpc) is 3.04. The van der Waals surface area contributed by atoms with E-state index in [-0.39, 0.29) is 5.69 Å². The first-order valence-electron chi connectivity index (χ1n) is 7.31. The molecule has 25 heavy (non-hydrogen) atoms. The van der Waals surface area contributed by atoms with Crippen LogP contribution in [0.25, 0.3) is 5.69 Å². The fourth-order valence-corrected chi connectivity index (χ4v) is 2.25. The molecule has 0 aliphatic rings. The van der Waals surface area contributed by atoms with E-state index in [1.54, 1.807) is 55.6 Å². The van der Waals surface area contributed by atoms with E-state index < -0.39 is 11.5 Å². The summed E-state index contributed by atoms with van der Waals surface area (Å²) in [5.41, 5.74) is -0.238. The first-order valence-corrected chi connectivity index (χ1v) is 7.31. The molecule has 0 fully saturated rings. The molecule has 0 aliphatic carbocycles. The van der Waals surface area contributed by atoms with Gasteiger partial charge in [0.2, 0.25) is 5.69 Å². The number of hydrogen-bond donors (Lipinski definition) is 1. The Hall–Kier alpha value is -3.55. The maximum absolute atomic E-state index is 12.5. The van der Waals surface area contributed by atoms with Crippen LogP contribution in [-0.4, -0.2) is 25.4 Å². The number of benzene rings is 2. The van der Waals surface area contributed by atoms with Crippen molar-refractivity contribution in [3.8, 4) is 17.2 Å². The van der Waals surface area contributed by atoms with Crippen molar-refractivity contribution in [2.45, 2.75) is 0 Å². The Labute approximate surface area is 142 Å². The van der Waals surface area contributed by atoms with Gasteiger partial charge >= 0.3 is 11.3 Å². The zero-order valence-electron chi connectivity index (χ0n) is 13.6. The SMILES string of the molecule is COc1ccc(-[n+]2[nH]oc(=O)c2C([O-])=Nc2ccccc2OC)cc1. The van der Waals surface area contributed by atoms with Crippen LogP contribution in [0.2, 0.25) is 0 Å². The molecule has 8 heteroatoms. The van der Waals surface area contributed by atoms with Gasteiger partial charge < -0.3 is 14.6 Å². The second-order valence-corrected chi connectivity index (χ2v) is 4.95. The van der Waals surface area contributed by atoms with Crippen molar-refractivity contribution in [3.05, 3.63) is 64.6 Å². The molecule has 8 nitrogen and oxygen atoms in total. The molecule has 128 valence electrons. The Balaban J connectivity index is 2.06. The van der Waals surface area contributed by atoms with Gasteiger partial charge in [0.05, 0.1) is 20.1 Å². The summed E-state index contributed by atoms with van der Waals surface area (Å²) in [6, 6.07) is 13.5. The van der Waals surface area contributed by atoms with Crippen LogP contribution in [0.4, 0.5) is 5.69 Å². The molecule has 0 unspecified atom stereocenters. The van der Waals surface area contributed by atoms with Crippen LogP contribution < -0.4 is 24.9 Å². The lowest BCUT2D eigenvalue weighted by atomic mass is 10.3. The molecule has 0 saturated carbocycles. The summed E-state index contributed by atoms with van der Waals surface area (Å²) < 4.78 is 16.2. The van der Waals surface area contributed by atoms with Crippen LogP contribution in [0.1, 0.15) is 5.69 Å². The fourth-order valence-electron chi connectivity index (χ4n) is 2.25. The number of hydrogen-bond acceptors (Lipinski definition) is 6. The first kappa shape index (κ1) is 16.3. The lowest BCUT2D eigenvalue weighted by Crippen LogP contribution is -2.44. The molecule has 2 aromatic carbocycles. The highest BCUT2D eigenvalue weighted by Gasteiger charge is 2.24. The van der Waals surface area contributed by atoms with Gasteiger partial charge in [-0.1, -0.05) is 12.1 Å². The molecular weight excluding hydrogens is 326 g/mol. The van der Waals surface area contributed by atoms with Crippen molar-refractivity contribution in [2.24, 2.45) is 4.99 Å². The third kappa shape index (κ3) is 3.23. The molecule has 0 bridgehead atoms. The molecule has 3 aromatic rings. The lowest BCUT2D eigenvalue weighted by molar-refractivity contribution is -0.673. The van der Waals surface area contributed by atoms with Crippen molar-refractivity contribution in [3.63, 3.8) is 0 Å². The van der Waals surface area contributed by atoms with Gasteiger partial charge in [-0.05, 0) is 34.2 Å². The number of H-pyrrole nitrogens is 1. The number of para-hydroxylation sites is 2. The monoisotopic (exact) mass is 341 g/mol. The van der Waals surface area contributed by atoms with Crippen LogP contribution in [0.15, 0.2) is 62.8 Å². The van der Waals surface area contributed by atoms with Crippen molar-refractivity contribution in [1.82, 2.24) is 5.27 Å². The minimum atomic E-state index is -0.820. The molecular formula is C17H15N3O5. The number of aliphatic imine (C=N–C) groups is 1. The second-order valence-electron chi connectivity index (χ2n) is 4.95. The Kier molecular flexibility index (Phi) is 4.51. The fraction of sp³-hybridized carbons (Fsp3) is 0.118. The average molecular weight is 341 g/mol. The molecule has 0 saturated heterocycles. The van der Waals surface area contributed by atoms with E-state index in [4.69, 9.17) is 14.0 Å². The maximum Gasteiger partial charge on any atom is 0.436 e. The van der Waals surface area contributed by atoms with Crippen molar-refractivity contribution in [1.29, 1.82) is 0 Å². The zero-order chi connectivity index (χ0) is 17.8. The normalized spacial score (nSPS) is 11.4. The molecule has 0 amide bonds. The van der Waals surface area contributed by atoms with E-state index in [1.165, 1.54) is 11.8 Å². The number of aromatic nitrogens is 2. The van der Waals surface area contributed by atoms with Crippen LogP contribution in [0, 0.1) is 0 Å². The number of aromatic amines is 1. The number of nitrogens with zero attached hydrogens (tertiary/aromatic N) is 2. The summed E-state index contributed by atoms with van der Waals surface area (Å²) in [5, 5.41) is 14.9. The molecule has 0 radical (unpaired) electrons. The molecule has 1 N–H and O–H groups in total. The predicted octanol–water partition coefficient (Wildman–Crippen LogP) is 0.700. The molecule has 0 atom stereocenters. The van der Waals surface area contributed by atoms with Gasteiger partial charge in [0.25, 0.3) is 0 Å². The summed E-state index contributed by atoms with van der Waals surface area (Å²) in [6.07, 6.45) is 0. The molecule has 1 aromatic heterocycles. The summed E-state index contributed by atoms with van der Waals surface area (Å²) in [5.74, 6) is 0.309. The molecule has 3 rings (SSSR count). The Morgan fingerprint density at radius 2 is 1.84 bits per heavy atom. The van der Waals surface area contributed by atoms with Crippen molar-refractivity contribution in [2.75, 3.05) is 14.2 Å². The quantitative estimate of drug-likeness (QED) is 0.418. The Morgan fingerprint density at radius 3 is 2.52 bits per heavy atom. The number of ether oxygens (including phenoxy) is 2. The van der Waals surface area contributed by atoms with E-state index in [0.29, 0.717) is 22.9 Å². The van der Waals surface area contributed by atoms with Gasteiger partial charge in [0.15, 0.2) is 0 Å². The van der Waals surface area contributed by atoms with E-state index in [0.717, 1.165) is 0 Å². The van der Waals surface area contributed by atoms with Crippen LogP contribution in [0.3, 0.4) is 0 Å². The van der Waals surface area contributed by atoms with Gasteiger partial charge in [0.1, 0.15) is 17.2 Å². The third-order valence-corrected chi connectivity index (χ3v) is 3.49. The molecule has 0 spiro atoms. The van der Waals surface area contributed by atoms with Gasteiger partial charge in [-0.2, -0.15) is 0 Å². The third-order valence-electron chi connectivity index (χ3n) is 3.49. The van der Waals surface area contributed by atoms with Crippen molar-refractivity contribution < 1.29 is 23.8 Å². The smallest absolute Gasteiger partial charge is 0.436 e. The summed E-state index contributed by atoms with van der Waals surface area (Å²) in [4.78, 5) is 15.9. The Bertz CT molecular complexity index is 957. The van der Waals surface area contributed by atoms with E-state index in [1.807, 2.05) is 0 Å². The first-order chi connectivity index (χ1) is 12.1. The summed E-state index contributed by atoms with van der Waals surface area (Å²) >= 11 is 0. The van der Waals surface area contributed by atoms with Gasteiger partial charge in [-0.15, -0.1) is 0 Å². The number of methoxy groups -OCH3 is 2. The highest BCUT2D eigenvalue weighted by atomic mass is 16.5. The van der Waals surface area contributed by atoms with Gasteiger partial charge in [-0.3, -0.25) is 9.52 Å². The number of nitrogens with one attached hydrogen (secondary N) is 1. The minimum Gasteiger partial charge on any atom is -0.854 e. The van der Waals surface area contributed by atoms with E-state index in [9.17, 15) is 9.90 Å². The maximum atomic E-state index is 12.5. The largest absolute Gasteiger partial charge is 0.854 e. The summed E-state index contributed by atoms with van der Waals surface area (Å²) in [7, 11) is 3.02. The molecule has 1 heterocycles. The van der Waals surface area contributed by atoms with Crippen molar-refractivity contribution >= 4 is 11.6 Å². The Morgan fingerprint density at radius 1 is 1.12 bits per heavy atom. The van der Waals surface area contributed by atoms with E-state index >= 15 is 0 Å². The second kappa shape index (κ2) is 6.91. The highest BCUT2D eigenvalue weighted by Crippen LogP contribution is 2.26. The van der Waals surface area contributed by atoms with Gasteiger partial charge in [0, 0.05) is 12.1 Å². The van der Waals surface area contributed by atoms with Crippen LogP contribution in [0.5, 0.6) is 11.5 Å². The minimum absolute atomic E-state index is 0.254. The zero-order valence-corrected chi connectivity index (χ0v) is 13.6. The predicted molar refractivity (Wildman–Crippen MR) is 86.6 cm³/mol. The topological polar surface area (TPSA) is 104 Å². The van der Waals surface area contributed by atoms with Crippen LogP contribution >= 0.6 is 0 Å². The standard InChI is InChI=1S/C17H15N3O5/c1-23-12-9-7-11(8-10-12)20-15(17(22)25-19-20)16(21)18-13-5-3-4-6-14(13)24-2/h3-10H,1-2H3,(H-,18,19,21,22). The van der Waals surface area contributed by atoms with E-state index in [2.05, 4.69) is 10.3 Å². The lowest BCUT2D eigenvalue weighted by Gasteiger charge is -2.07. The van der Waals surface area contributed by atoms with Crippen LogP contribution in [-0.2, 0) is 0 Å². The van der Waals surface area contributed by atoms with Gasteiger partial charge in [-0.25, -0.2) is 4.79 Å². The molecule has 0 aliphatic heterocycles. The highest BCUT2D eigenvalue weighted by molar-refractivity contribution is 5.89. The summed E-state index contributed by atoms with van der Waals surface area (Å²) in [6.45, 7) is 0.